The van der Waals surface area contributed by atoms with Gasteiger partial charge in [0.15, 0.2) is 0 Å². The molecule has 2 aromatic rings. The van der Waals surface area contributed by atoms with E-state index in [4.69, 9.17) is 9.47 Å². The van der Waals surface area contributed by atoms with Crippen molar-refractivity contribution in [3.63, 3.8) is 0 Å². The molecule has 1 atom stereocenters. The van der Waals surface area contributed by atoms with E-state index < -0.39 is 6.67 Å². The summed E-state index contributed by atoms with van der Waals surface area (Å²) in [5.41, 5.74) is 3.93. The lowest BCUT2D eigenvalue weighted by Gasteiger charge is -2.25. The molecule has 5 nitrogen and oxygen atoms in total. The average Bonchev–Trinajstić information content (AvgIpc) is 3.12. The summed E-state index contributed by atoms with van der Waals surface area (Å²) < 4.78 is 24.8. The third-order valence-corrected chi connectivity index (χ3v) is 5.08. The summed E-state index contributed by atoms with van der Waals surface area (Å²) in [4.78, 5) is 11.9. The number of methoxy groups -OCH3 is 1. The monoisotopic (exact) mass is 380 g/mol. The van der Waals surface area contributed by atoms with E-state index in [0.29, 0.717) is 23.6 Å². The largest absolute Gasteiger partial charge is 0.497 e. The SMILES string of the molecule is COc1ccc([C@@H]2C=CNC(CF)=C2COc2ccc3c(c2)C(=O)NC3)cc1. The number of amides is 1. The van der Waals surface area contributed by atoms with E-state index >= 15 is 0 Å². The Balaban J connectivity index is 1.57. The first-order valence-corrected chi connectivity index (χ1v) is 9.08. The molecule has 0 radical (unpaired) electrons. The maximum absolute atomic E-state index is 13.6. The van der Waals surface area contributed by atoms with Gasteiger partial charge in [0, 0.05) is 29.3 Å². The Morgan fingerprint density at radius 1 is 1.14 bits per heavy atom. The van der Waals surface area contributed by atoms with Gasteiger partial charge in [0.1, 0.15) is 24.8 Å². The molecule has 0 unspecified atom stereocenters. The van der Waals surface area contributed by atoms with Crippen LogP contribution >= 0.6 is 0 Å². The van der Waals surface area contributed by atoms with E-state index in [0.717, 1.165) is 22.4 Å². The van der Waals surface area contributed by atoms with Crippen molar-refractivity contribution in [2.75, 3.05) is 20.4 Å². The minimum atomic E-state index is -0.609. The molecular weight excluding hydrogens is 359 g/mol. The molecule has 4 rings (SSSR count). The van der Waals surface area contributed by atoms with Gasteiger partial charge in [-0.3, -0.25) is 4.79 Å². The van der Waals surface area contributed by atoms with Gasteiger partial charge in [-0.1, -0.05) is 24.3 Å². The lowest BCUT2D eigenvalue weighted by Crippen LogP contribution is -2.22. The third kappa shape index (κ3) is 3.45. The number of allylic oxidation sites excluding steroid dienone is 2. The first-order chi connectivity index (χ1) is 13.7. The smallest absolute Gasteiger partial charge is 0.252 e. The van der Waals surface area contributed by atoms with E-state index in [1.165, 1.54) is 0 Å². The number of rotatable bonds is 6. The quantitative estimate of drug-likeness (QED) is 0.806. The van der Waals surface area contributed by atoms with Gasteiger partial charge in [0.25, 0.3) is 5.91 Å². The fourth-order valence-electron chi connectivity index (χ4n) is 3.51. The van der Waals surface area contributed by atoms with Crippen molar-refractivity contribution in [1.82, 2.24) is 10.6 Å². The summed E-state index contributed by atoms with van der Waals surface area (Å²) in [5.74, 6) is 1.16. The molecule has 0 aromatic heterocycles. The second kappa shape index (κ2) is 7.76. The number of benzene rings is 2. The minimum absolute atomic E-state index is 0.0949. The van der Waals surface area contributed by atoms with Crippen LogP contribution in [-0.4, -0.2) is 26.3 Å². The molecule has 6 heteroatoms. The molecule has 0 bridgehead atoms. The zero-order chi connectivity index (χ0) is 19.5. The van der Waals surface area contributed by atoms with Crippen LogP contribution in [0.15, 0.2) is 66.0 Å². The molecule has 0 saturated heterocycles. The number of carbonyl (C=O) groups is 1. The number of hydrogen-bond acceptors (Lipinski definition) is 4. The van der Waals surface area contributed by atoms with Crippen LogP contribution in [0.1, 0.15) is 27.4 Å². The number of alkyl halides is 1. The van der Waals surface area contributed by atoms with Crippen LogP contribution in [0.3, 0.4) is 0 Å². The second-order valence-electron chi connectivity index (χ2n) is 6.68. The van der Waals surface area contributed by atoms with E-state index in [1.807, 2.05) is 42.5 Å². The molecule has 2 aliphatic rings. The number of halogens is 1. The van der Waals surface area contributed by atoms with Gasteiger partial charge in [-0.05, 0) is 41.6 Å². The third-order valence-electron chi connectivity index (χ3n) is 5.08. The number of dihydropyridines is 1. The topological polar surface area (TPSA) is 59.6 Å². The maximum Gasteiger partial charge on any atom is 0.252 e. The summed E-state index contributed by atoms with van der Waals surface area (Å²) in [6, 6.07) is 13.2. The predicted molar refractivity (Wildman–Crippen MR) is 104 cm³/mol. The molecule has 2 aliphatic heterocycles. The Hall–Kier alpha value is -3.28. The highest BCUT2D eigenvalue weighted by Gasteiger charge is 2.23. The first-order valence-electron chi connectivity index (χ1n) is 9.08. The number of hydrogen-bond donors (Lipinski definition) is 2. The summed E-state index contributed by atoms with van der Waals surface area (Å²) in [6.45, 7) is 0.149. The van der Waals surface area contributed by atoms with Gasteiger partial charge in [0.05, 0.1) is 7.11 Å². The van der Waals surface area contributed by atoms with Crippen LogP contribution in [0.2, 0.25) is 0 Å². The van der Waals surface area contributed by atoms with Crippen LogP contribution in [0, 0.1) is 0 Å². The van der Waals surface area contributed by atoms with Crippen LogP contribution in [0.5, 0.6) is 11.5 Å². The van der Waals surface area contributed by atoms with Gasteiger partial charge in [0.2, 0.25) is 0 Å². The number of ether oxygens (including phenoxy) is 2. The molecule has 2 N–H and O–H groups in total. The fourth-order valence-corrected chi connectivity index (χ4v) is 3.51. The molecule has 0 saturated carbocycles. The molecule has 2 aromatic carbocycles. The van der Waals surface area contributed by atoms with Gasteiger partial charge >= 0.3 is 0 Å². The number of carbonyl (C=O) groups excluding carboxylic acids is 1. The van der Waals surface area contributed by atoms with Crippen molar-refractivity contribution in [2.24, 2.45) is 0 Å². The van der Waals surface area contributed by atoms with Crippen molar-refractivity contribution in [3.8, 4) is 11.5 Å². The van der Waals surface area contributed by atoms with Gasteiger partial charge in [-0.15, -0.1) is 0 Å². The average molecular weight is 380 g/mol. The first kappa shape index (κ1) is 18.1. The molecule has 0 fully saturated rings. The highest BCUT2D eigenvalue weighted by atomic mass is 19.1. The fraction of sp³-hybridized carbons (Fsp3) is 0.227. The lowest BCUT2D eigenvalue weighted by atomic mass is 9.88. The number of nitrogens with one attached hydrogen (secondary N) is 2. The zero-order valence-corrected chi connectivity index (χ0v) is 15.5. The second-order valence-corrected chi connectivity index (χ2v) is 6.68. The predicted octanol–water partition coefficient (Wildman–Crippen LogP) is 3.44. The van der Waals surface area contributed by atoms with Gasteiger partial charge < -0.3 is 20.1 Å². The van der Waals surface area contributed by atoms with Crippen LogP contribution in [0.25, 0.3) is 0 Å². The van der Waals surface area contributed by atoms with Crippen LogP contribution in [0.4, 0.5) is 4.39 Å². The molecule has 0 aliphatic carbocycles. The standard InChI is InChI=1S/C22H21FN2O3/c1-27-16-5-2-14(3-6-16)18-8-9-24-21(11-23)20(18)13-28-17-7-4-15-12-25-22(26)19(15)10-17/h2-10,18,24H,11-13H2,1H3,(H,25,26)/t18-/m0/s1. The molecule has 0 spiro atoms. The molecule has 28 heavy (non-hydrogen) atoms. The molecular formula is C22H21FN2O3. The molecule has 2 heterocycles. The zero-order valence-electron chi connectivity index (χ0n) is 15.5. The van der Waals surface area contributed by atoms with E-state index in [2.05, 4.69) is 10.6 Å². The van der Waals surface area contributed by atoms with E-state index in [1.54, 1.807) is 19.4 Å². The minimum Gasteiger partial charge on any atom is -0.497 e. The van der Waals surface area contributed by atoms with Crippen molar-refractivity contribution in [2.45, 2.75) is 12.5 Å². The van der Waals surface area contributed by atoms with Crippen LogP contribution in [-0.2, 0) is 6.54 Å². The summed E-state index contributed by atoms with van der Waals surface area (Å²) in [6.07, 6.45) is 3.74. The van der Waals surface area contributed by atoms with Crippen molar-refractivity contribution in [3.05, 3.63) is 82.7 Å². The Morgan fingerprint density at radius 2 is 1.93 bits per heavy atom. The Labute approximate surface area is 162 Å². The van der Waals surface area contributed by atoms with E-state index in [9.17, 15) is 9.18 Å². The van der Waals surface area contributed by atoms with Crippen molar-refractivity contribution in [1.29, 1.82) is 0 Å². The summed E-state index contributed by atoms with van der Waals surface area (Å²) in [7, 11) is 1.62. The Bertz CT molecular complexity index is 951. The lowest BCUT2D eigenvalue weighted by molar-refractivity contribution is 0.0965. The highest BCUT2D eigenvalue weighted by molar-refractivity contribution is 5.98. The van der Waals surface area contributed by atoms with Gasteiger partial charge in [-0.2, -0.15) is 0 Å². The highest BCUT2D eigenvalue weighted by Crippen LogP contribution is 2.32. The maximum atomic E-state index is 13.6. The van der Waals surface area contributed by atoms with Crippen molar-refractivity contribution < 1.29 is 18.7 Å². The van der Waals surface area contributed by atoms with Crippen LogP contribution < -0.4 is 20.1 Å². The number of fused-ring (bicyclic) bond motifs is 1. The Kier molecular flexibility index (Phi) is 5.02. The Morgan fingerprint density at radius 3 is 2.68 bits per heavy atom. The van der Waals surface area contributed by atoms with Gasteiger partial charge in [-0.25, -0.2) is 4.39 Å². The van der Waals surface area contributed by atoms with Crippen molar-refractivity contribution >= 4 is 5.91 Å². The van der Waals surface area contributed by atoms with E-state index in [-0.39, 0.29) is 18.4 Å². The summed E-state index contributed by atoms with van der Waals surface area (Å²) >= 11 is 0. The summed E-state index contributed by atoms with van der Waals surface area (Å²) in [5, 5.41) is 5.77. The molecule has 144 valence electrons. The molecule has 1 amide bonds. The normalized spacial score (nSPS) is 17.8.